The lowest BCUT2D eigenvalue weighted by Crippen LogP contribution is -2.37. The highest BCUT2D eigenvalue weighted by atomic mass is 32.1. The van der Waals surface area contributed by atoms with Crippen LogP contribution < -0.4 is 0 Å². The van der Waals surface area contributed by atoms with E-state index < -0.39 is 0 Å². The van der Waals surface area contributed by atoms with Crippen LogP contribution in [0.1, 0.15) is 25.2 Å². The highest BCUT2D eigenvalue weighted by Crippen LogP contribution is 2.27. The Morgan fingerprint density at radius 1 is 1.48 bits per heavy atom. The zero-order valence-corrected chi connectivity index (χ0v) is 13.1. The molecule has 0 saturated heterocycles. The van der Waals surface area contributed by atoms with E-state index in [0.29, 0.717) is 17.6 Å². The molecule has 2 aromatic heterocycles. The molecule has 2 heterocycles. The van der Waals surface area contributed by atoms with Crippen molar-refractivity contribution in [3.05, 3.63) is 23.4 Å². The molecule has 21 heavy (non-hydrogen) atoms. The average Bonchev–Trinajstić information content (AvgIpc) is 3.07. The maximum atomic E-state index is 9.29. The molecule has 0 unspecified atom stereocenters. The van der Waals surface area contributed by atoms with E-state index >= 15 is 0 Å². The Kier molecular flexibility index (Phi) is 4.67. The third-order valence-corrected chi connectivity index (χ3v) is 4.79. The highest BCUT2D eigenvalue weighted by molar-refractivity contribution is 7.13. The van der Waals surface area contributed by atoms with Crippen molar-refractivity contribution in [2.75, 3.05) is 20.1 Å². The molecular weight excluding hydrogens is 286 g/mol. The summed E-state index contributed by atoms with van der Waals surface area (Å²) in [4.78, 5) is 7.80. The first-order chi connectivity index (χ1) is 10.2. The quantitative estimate of drug-likeness (QED) is 0.851. The predicted octanol–water partition coefficient (Wildman–Crippen LogP) is 2.43. The predicted molar refractivity (Wildman–Crippen MR) is 82.2 cm³/mol. The third-order valence-electron chi connectivity index (χ3n) is 3.92. The van der Waals surface area contributed by atoms with Crippen molar-refractivity contribution in [3.8, 4) is 10.7 Å². The molecule has 2 aromatic rings. The molecule has 1 fully saturated rings. The smallest absolute Gasteiger partial charge is 0.227 e. The monoisotopic (exact) mass is 307 g/mol. The van der Waals surface area contributed by atoms with Crippen LogP contribution in [0.2, 0.25) is 0 Å². The summed E-state index contributed by atoms with van der Waals surface area (Å²) in [6.45, 7) is 2.09. The third kappa shape index (κ3) is 3.90. The molecule has 0 bridgehead atoms. The zero-order chi connectivity index (χ0) is 14.7. The van der Waals surface area contributed by atoms with Crippen LogP contribution in [-0.2, 0) is 6.42 Å². The van der Waals surface area contributed by atoms with Gasteiger partial charge in [0.05, 0.1) is 11.0 Å². The molecule has 1 saturated carbocycles. The van der Waals surface area contributed by atoms with E-state index in [1.807, 2.05) is 17.5 Å². The minimum atomic E-state index is -0.0579. The molecule has 6 heteroatoms. The number of aryl methyl sites for hydroxylation is 1. The topological polar surface area (TPSA) is 62.4 Å². The van der Waals surface area contributed by atoms with Gasteiger partial charge in [-0.05, 0) is 50.2 Å². The number of hydrogen-bond donors (Lipinski definition) is 1. The van der Waals surface area contributed by atoms with Gasteiger partial charge in [0, 0.05) is 13.0 Å². The summed E-state index contributed by atoms with van der Waals surface area (Å²) >= 11 is 1.62. The molecule has 1 N–H and O–H groups in total. The van der Waals surface area contributed by atoms with Gasteiger partial charge in [-0.2, -0.15) is 4.98 Å². The van der Waals surface area contributed by atoms with Crippen LogP contribution in [0.25, 0.3) is 10.7 Å². The fourth-order valence-electron chi connectivity index (χ4n) is 2.74. The van der Waals surface area contributed by atoms with Crippen molar-refractivity contribution in [2.45, 2.75) is 31.8 Å². The van der Waals surface area contributed by atoms with E-state index in [1.54, 1.807) is 11.3 Å². The number of nitrogens with zero attached hydrogens (tertiary/aromatic N) is 3. The van der Waals surface area contributed by atoms with Crippen LogP contribution in [0, 0.1) is 5.92 Å². The van der Waals surface area contributed by atoms with E-state index in [-0.39, 0.29) is 6.10 Å². The van der Waals surface area contributed by atoms with Crippen molar-refractivity contribution < 1.29 is 9.63 Å². The zero-order valence-electron chi connectivity index (χ0n) is 12.2. The van der Waals surface area contributed by atoms with Crippen molar-refractivity contribution in [3.63, 3.8) is 0 Å². The fraction of sp³-hybridized carbons (Fsp3) is 0.600. The second-order valence-corrected chi connectivity index (χ2v) is 6.79. The molecular formula is C15H21N3O2S. The highest BCUT2D eigenvalue weighted by Gasteiger charge is 2.27. The van der Waals surface area contributed by atoms with Gasteiger partial charge in [0.1, 0.15) is 0 Å². The Labute approximate surface area is 128 Å². The minimum Gasteiger partial charge on any atom is -0.393 e. The minimum absolute atomic E-state index is 0.0579. The van der Waals surface area contributed by atoms with Crippen LogP contribution in [0.5, 0.6) is 0 Å². The van der Waals surface area contributed by atoms with Gasteiger partial charge < -0.3 is 14.5 Å². The number of aromatic nitrogens is 2. The number of aliphatic hydroxyl groups is 1. The maximum Gasteiger partial charge on any atom is 0.227 e. The van der Waals surface area contributed by atoms with Gasteiger partial charge in [-0.25, -0.2) is 0 Å². The van der Waals surface area contributed by atoms with Crippen molar-refractivity contribution in [1.82, 2.24) is 15.0 Å². The Balaban J connectivity index is 1.39. The van der Waals surface area contributed by atoms with Gasteiger partial charge in [0.2, 0.25) is 11.7 Å². The Morgan fingerprint density at radius 3 is 3.05 bits per heavy atom. The SMILES string of the molecule is CN(CCCc1nc(-c2cccs2)no1)CC1CC(O)C1. The number of aliphatic hydroxyl groups excluding tert-OH is 1. The first kappa shape index (κ1) is 14.7. The van der Waals surface area contributed by atoms with Crippen LogP contribution in [0.15, 0.2) is 22.0 Å². The molecule has 0 aliphatic heterocycles. The van der Waals surface area contributed by atoms with Crippen LogP contribution in [0.4, 0.5) is 0 Å². The molecule has 114 valence electrons. The van der Waals surface area contributed by atoms with Crippen molar-refractivity contribution in [2.24, 2.45) is 5.92 Å². The summed E-state index contributed by atoms with van der Waals surface area (Å²) in [6, 6.07) is 3.99. The Bertz CT molecular complexity index is 549. The van der Waals surface area contributed by atoms with E-state index in [0.717, 1.165) is 43.6 Å². The number of thiophene rings is 1. The van der Waals surface area contributed by atoms with Crippen molar-refractivity contribution in [1.29, 1.82) is 0 Å². The van der Waals surface area contributed by atoms with Gasteiger partial charge in [0.25, 0.3) is 0 Å². The number of hydrogen-bond acceptors (Lipinski definition) is 6. The van der Waals surface area contributed by atoms with E-state index in [2.05, 4.69) is 22.1 Å². The van der Waals surface area contributed by atoms with Gasteiger partial charge in [-0.15, -0.1) is 11.3 Å². The van der Waals surface area contributed by atoms with Crippen LogP contribution in [-0.4, -0.2) is 46.4 Å². The molecule has 0 radical (unpaired) electrons. The standard InChI is InChI=1S/C15H21N3O2S/c1-18(10-11-8-12(19)9-11)6-2-5-14-16-15(17-20-14)13-4-3-7-21-13/h3-4,7,11-12,19H,2,5-6,8-10H2,1H3. The summed E-state index contributed by atoms with van der Waals surface area (Å²) in [6.07, 6.45) is 3.68. The van der Waals surface area contributed by atoms with E-state index in [4.69, 9.17) is 4.52 Å². The molecule has 5 nitrogen and oxygen atoms in total. The van der Waals surface area contributed by atoms with Crippen LogP contribution >= 0.6 is 11.3 Å². The average molecular weight is 307 g/mol. The maximum absolute atomic E-state index is 9.29. The van der Waals surface area contributed by atoms with Gasteiger partial charge in [-0.1, -0.05) is 11.2 Å². The summed E-state index contributed by atoms with van der Waals surface area (Å²) in [5, 5.41) is 15.3. The molecule has 0 spiro atoms. The largest absolute Gasteiger partial charge is 0.393 e. The molecule has 0 atom stereocenters. The first-order valence-corrected chi connectivity index (χ1v) is 8.32. The molecule has 1 aliphatic carbocycles. The lowest BCUT2D eigenvalue weighted by molar-refractivity contribution is 0.0282. The molecule has 0 amide bonds. The van der Waals surface area contributed by atoms with Crippen molar-refractivity contribution >= 4 is 11.3 Å². The summed E-state index contributed by atoms with van der Waals surface area (Å²) in [5.41, 5.74) is 0. The lowest BCUT2D eigenvalue weighted by Gasteiger charge is -2.34. The lowest BCUT2D eigenvalue weighted by atomic mass is 9.82. The second kappa shape index (κ2) is 6.68. The van der Waals surface area contributed by atoms with Gasteiger partial charge >= 0.3 is 0 Å². The summed E-state index contributed by atoms with van der Waals surface area (Å²) in [5.74, 6) is 2.07. The Hall–Kier alpha value is -1.24. The van der Waals surface area contributed by atoms with Gasteiger partial charge in [-0.3, -0.25) is 0 Å². The summed E-state index contributed by atoms with van der Waals surface area (Å²) < 4.78 is 5.29. The molecule has 0 aromatic carbocycles. The molecule has 3 rings (SSSR count). The second-order valence-electron chi connectivity index (χ2n) is 5.85. The molecule has 1 aliphatic rings. The van der Waals surface area contributed by atoms with Gasteiger partial charge in [0.15, 0.2) is 0 Å². The normalized spacial score (nSPS) is 21.7. The van der Waals surface area contributed by atoms with E-state index in [9.17, 15) is 5.11 Å². The van der Waals surface area contributed by atoms with Crippen LogP contribution in [0.3, 0.4) is 0 Å². The first-order valence-electron chi connectivity index (χ1n) is 7.44. The fourth-order valence-corrected chi connectivity index (χ4v) is 3.39. The van der Waals surface area contributed by atoms with E-state index in [1.165, 1.54) is 0 Å². The Morgan fingerprint density at radius 2 is 2.33 bits per heavy atom. The summed E-state index contributed by atoms with van der Waals surface area (Å²) in [7, 11) is 2.13. The number of rotatable bonds is 7.